The van der Waals surface area contributed by atoms with Gasteiger partial charge in [0.1, 0.15) is 11.1 Å². The van der Waals surface area contributed by atoms with Crippen molar-refractivity contribution in [3.05, 3.63) is 53.4 Å². The molecular weight excluding hydrogens is 725 g/mol. The summed E-state index contributed by atoms with van der Waals surface area (Å²) in [5, 5.41) is -1.49. The number of hydrogen-bond donors (Lipinski definition) is 0. The van der Waals surface area contributed by atoms with Gasteiger partial charge in [0.15, 0.2) is 11.5 Å². The maximum absolute atomic E-state index is 13.1. The fraction of sp³-hybridized carbons (Fsp3) is 0.500. The van der Waals surface area contributed by atoms with E-state index in [1.54, 1.807) is 0 Å². The average molecular weight is 761 g/mol. The Morgan fingerprint density at radius 1 is 0.565 bits per heavy atom. The highest BCUT2D eigenvalue weighted by Gasteiger charge is 2.32. The summed E-state index contributed by atoms with van der Waals surface area (Å²) < 4.78 is 21.1. The fourth-order valence-electron chi connectivity index (χ4n) is 4.69. The number of ether oxygens (including phenoxy) is 4. The van der Waals surface area contributed by atoms with Gasteiger partial charge in [0.05, 0.1) is 43.3 Å². The molecule has 0 aliphatic carbocycles. The van der Waals surface area contributed by atoms with Crippen LogP contribution in [0, 0.1) is 11.8 Å². The van der Waals surface area contributed by atoms with E-state index in [1.807, 2.05) is 13.8 Å². The van der Waals surface area contributed by atoms with E-state index < -0.39 is 46.5 Å². The van der Waals surface area contributed by atoms with Crippen LogP contribution < -0.4 is 9.47 Å². The van der Waals surface area contributed by atoms with Crippen LogP contribution in [0.2, 0.25) is 30.1 Å². The molecule has 0 aliphatic heterocycles. The Labute approximate surface area is 299 Å². The van der Waals surface area contributed by atoms with Gasteiger partial charge in [-0.2, -0.15) is 0 Å². The summed E-state index contributed by atoms with van der Waals surface area (Å²) in [5.41, 5.74) is -0.928. The molecule has 0 spiro atoms. The van der Waals surface area contributed by atoms with Crippen molar-refractivity contribution in [2.75, 3.05) is 13.2 Å². The van der Waals surface area contributed by atoms with Gasteiger partial charge in [0.25, 0.3) is 0 Å². The number of benzene rings is 2. The molecule has 2 rings (SSSR count). The van der Waals surface area contributed by atoms with Crippen molar-refractivity contribution in [3.8, 4) is 11.5 Å². The topological polar surface area (TPSA) is 105 Å². The fourth-order valence-corrected chi connectivity index (χ4v) is 6.13. The first-order valence-electron chi connectivity index (χ1n) is 14.9. The minimum atomic E-state index is -1.64. The summed E-state index contributed by atoms with van der Waals surface area (Å²) in [6.07, 6.45) is 6.88. The molecule has 0 amide bonds. The third-order valence-corrected chi connectivity index (χ3v) is 9.42. The summed E-state index contributed by atoms with van der Waals surface area (Å²) in [6, 6.07) is 2.25. The first-order chi connectivity index (χ1) is 21.8. The van der Waals surface area contributed by atoms with E-state index in [4.69, 9.17) is 88.6 Å². The lowest BCUT2D eigenvalue weighted by Crippen LogP contribution is -2.27. The van der Waals surface area contributed by atoms with Crippen molar-refractivity contribution in [1.82, 2.24) is 0 Å². The second-order valence-electron chi connectivity index (χ2n) is 10.5. The lowest BCUT2D eigenvalue weighted by atomic mass is 9.98. The van der Waals surface area contributed by atoms with E-state index >= 15 is 0 Å². The zero-order chi connectivity index (χ0) is 34.6. The van der Waals surface area contributed by atoms with Crippen LogP contribution in [0.15, 0.2) is 12.1 Å². The van der Waals surface area contributed by atoms with Gasteiger partial charge in [-0.3, -0.25) is 0 Å². The second-order valence-corrected chi connectivity index (χ2v) is 12.9. The maximum atomic E-state index is 13.1. The van der Waals surface area contributed by atoms with Gasteiger partial charge < -0.3 is 18.9 Å². The van der Waals surface area contributed by atoms with Gasteiger partial charge in [0, 0.05) is 0 Å². The lowest BCUT2D eigenvalue weighted by molar-refractivity contribution is -0.156. The summed E-state index contributed by atoms with van der Waals surface area (Å²) in [6.45, 7) is 8.32. The molecular formula is C32H36Cl6O8. The Morgan fingerprint density at radius 2 is 0.913 bits per heavy atom. The van der Waals surface area contributed by atoms with Crippen LogP contribution in [0.5, 0.6) is 11.5 Å². The highest BCUT2D eigenvalue weighted by molar-refractivity contribution is 6.47. The SMILES string of the molecule is CCCC(CC)CCOC(=O)c1c(Cl)c(Cl)cc(Cl)c1OC(=O)C(=O)Oc1c(Cl)cc(Cl)c(Cl)c1C(=O)OCCC(CC)CCC. The van der Waals surface area contributed by atoms with E-state index in [0.29, 0.717) is 24.7 Å². The van der Waals surface area contributed by atoms with Crippen molar-refractivity contribution < 1.29 is 38.1 Å². The number of esters is 4. The Morgan fingerprint density at radius 3 is 1.22 bits per heavy atom. The smallest absolute Gasteiger partial charge is 0.423 e. The number of carbonyl (C=O) groups is 4. The van der Waals surface area contributed by atoms with Crippen molar-refractivity contribution in [3.63, 3.8) is 0 Å². The maximum Gasteiger partial charge on any atom is 0.423 e. The van der Waals surface area contributed by atoms with Gasteiger partial charge in [-0.1, -0.05) is 136 Å². The summed E-state index contributed by atoms with van der Waals surface area (Å²) in [5.74, 6) is -5.72. The lowest BCUT2D eigenvalue weighted by Gasteiger charge is -2.17. The van der Waals surface area contributed by atoms with E-state index in [-0.39, 0.29) is 43.3 Å². The van der Waals surface area contributed by atoms with Crippen LogP contribution in [0.25, 0.3) is 0 Å². The Hall–Kier alpha value is -1.94. The third kappa shape index (κ3) is 11.1. The zero-order valence-corrected chi connectivity index (χ0v) is 30.4. The highest BCUT2D eigenvalue weighted by Crippen LogP contribution is 2.42. The molecule has 2 atom stereocenters. The predicted molar refractivity (Wildman–Crippen MR) is 181 cm³/mol. The van der Waals surface area contributed by atoms with Crippen molar-refractivity contribution in [2.45, 2.75) is 79.1 Å². The molecule has 2 aromatic rings. The van der Waals surface area contributed by atoms with Crippen LogP contribution in [-0.4, -0.2) is 37.1 Å². The molecule has 0 saturated carbocycles. The quantitative estimate of drug-likeness (QED) is 0.0721. The van der Waals surface area contributed by atoms with Gasteiger partial charge in [-0.15, -0.1) is 0 Å². The number of rotatable bonds is 16. The first-order valence-corrected chi connectivity index (χ1v) is 17.2. The molecule has 0 radical (unpaired) electrons. The molecule has 46 heavy (non-hydrogen) atoms. The minimum Gasteiger partial charge on any atom is -0.462 e. The van der Waals surface area contributed by atoms with Gasteiger partial charge in [-0.05, 0) is 36.8 Å². The number of halogens is 6. The Kier molecular flexibility index (Phi) is 17.3. The number of carbonyl (C=O) groups excluding carboxylic acids is 4. The first kappa shape index (κ1) is 40.2. The standard InChI is InChI=1S/C32H36Cl6O8/c1-5-9-17(7-3)11-13-43-29(39)23-25(37)19(33)15-21(35)27(23)45-31(41)32(42)46-28-22(36)16-20(34)26(38)24(28)30(40)44-14-12-18(8-4)10-6-2/h15-18H,5-14H2,1-4H3. The molecule has 0 saturated heterocycles. The van der Waals surface area contributed by atoms with Crippen molar-refractivity contribution >= 4 is 93.5 Å². The van der Waals surface area contributed by atoms with Crippen LogP contribution >= 0.6 is 69.6 Å². The highest BCUT2D eigenvalue weighted by atomic mass is 35.5. The molecule has 0 fully saturated rings. The molecule has 2 aromatic carbocycles. The van der Waals surface area contributed by atoms with Crippen LogP contribution in [0.1, 0.15) is 99.8 Å². The monoisotopic (exact) mass is 758 g/mol. The summed E-state index contributed by atoms with van der Waals surface area (Å²) in [7, 11) is 0. The molecule has 0 aromatic heterocycles. The predicted octanol–water partition coefficient (Wildman–Crippen LogP) is 10.9. The number of hydrogen-bond acceptors (Lipinski definition) is 8. The van der Waals surface area contributed by atoms with Crippen LogP contribution in [-0.2, 0) is 19.1 Å². The van der Waals surface area contributed by atoms with Crippen LogP contribution in [0.3, 0.4) is 0 Å². The van der Waals surface area contributed by atoms with Gasteiger partial charge in [0.2, 0.25) is 0 Å². The Bertz CT molecular complexity index is 1310. The van der Waals surface area contributed by atoms with E-state index in [1.165, 1.54) is 0 Å². The molecule has 254 valence electrons. The molecule has 14 heteroatoms. The van der Waals surface area contributed by atoms with Gasteiger partial charge >= 0.3 is 23.9 Å². The summed E-state index contributed by atoms with van der Waals surface area (Å²) in [4.78, 5) is 52.0. The van der Waals surface area contributed by atoms with Crippen LogP contribution in [0.4, 0.5) is 0 Å². The largest absolute Gasteiger partial charge is 0.462 e. The molecule has 0 heterocycles. The average Bonchev–Trinajstić information content (AvgIpc) is 3.01. The zero-order valence-electron chi connectivity index (χ0n) is 25.9. The van der Waals surface area contributed by atoms with E-state index in [0.717, 1.165) is 50.7 Å². The molecule has 2 unspecified atom stereocenters. The minimum absolute atomic E-state index is 0.0552. The second kappa shape index (κ2) is 19.8. The molecule has 8 nitrogen and oxygen atoms in total. The van der Waals surface area contributed by atoms with Crippen molar-refractivity contribution in [1.29, 1.82) is 0 Å². The van der Waals surface area contributed by atoms with E-state index in [9.17, 15) is 19.2 Å². The van der Waals surface area contributed by atoms with Crippen molar-refractivity contribution in [2.24, 2.45) is 11.8 Å². The molecule has 0 bridgehead atoms. The molecule has 0 aliphatic rings. The molecule has 0 N–H and O–H groups in total. The van der Waals surface area contributed by atoms with Gasteiger partial charge in [-0.25, -0.2) is 19.2 Å². The normalized spacial score (nSPS) is 12.3. The summed E-state index contributed by atoms with van der Waals surface area (Å²) >= 11 is 37.3. The van der Waals surface area contributed by atoms with E-state index in [2.05, 4.69) is 13.8 Å². The Balaban J connectivity index is 2.30. The third-order valence-electron chi connectivity index (χ3n) is 7.28.